The van der Waals surface area contributed by atoms with E-state index in [4.69, 9.17) is 0 Å². The molecule has 0 amide bonds. The van der Waals surface area contributed by atoms with Crippen molar-refractivity contribution in [3.8, 4) is 0 Å². The van der Waals surface area contributed by atoms with Gasteiger partial charge in [-0.25, -0.2) is 0 Å². The molecule has 0 fully saturated rings. The monoisotopic (exact) mass is 542 g/mol. The second-order valence-corrected chi connectivity index (χ2v) is 12.7. The highest BCUT2D eigenvalue weighted by molar-refractivity contribution is 7.96. The van der Waals surface area contributed by atoms with E-state index in [1.807, 2.05) is 0 Å². The average Bonchev–Trinajstić information content (AvgIpc) is 2.83. The molecule has 4 heteroatoms. The lowest BCUT2D eigenvalue weighted by Crippen LogP contribution is -2.14. The van der Waals surface area contributed by atoms with Crippen molar-refractivity contribution in [2.24, 2.45) is 23.7 Å². The van der Waals surface area contributed by atoms with Gasteiger partial charge in [-0.1, -0.05) is 130 Å². The molecule has 0 N–H and O–H groups in total. The number of rotatable bonds is 27. The molecule has 4 unspecified atom stereocenters. The van der Waals surface area contributed by atoms with Crippen molar-refractivity contribution in [2.45, 2.75) is 169 Å². The lowest BCUT2D eigenvalue weighted by atomic mass is 9.82. The zero-order chi connectivity index (χ0) is 27.0. The summed E-state index contributed by atoms with van der Waals surface area (Å²) in [6.45, 7) is 9.12. The van der Waals surface area contributed by atoms with Crippen LogP contribution in [-0.4, -0.2) is 10.2 Å². The number of carbonyl (C=O) groups is 2. The van der Waals surface area contributed by atoms with E-state index in [2.05, 4.69) is 53.0 Å². The first-order chi connectivity index (χ1) is 17.4. The number of thiol groups is 2. The summed E-state index contributed by atoms with van der Waals surface area (Å²) in [4.78, 5) is 23.9. The molecular weight excluding hydrogens is 480 g/mol. The van der Waals surface area contributed by atoms with Crippen LogP contribution >= 0.6 is 25.3 Å². The molecule has 36 heavy (non-hydrogen) atoms. The quantitative estimate of drug-likeness (QED) is 0.0799. The second kappa shape index (κ2) is 25.3. The molecule has 0 bridgehead atoms. The fraction of sp³-hybridized carbons (Fsp3) is 0.938. The van der Waals surface area contributed by atoms with E-state index in [-0.39, 0.29) is 10.2 Å². The van der Waals surface area contributed by atoms with Gasteiger partial charge in [-0.3, -0.25) is 9.59 Å². The molecule has 0 heterocycles. The van der Waals surface area contributed by atoms with Crippen LogP contribution in [0.2, 0.25) is 0 Å². The van der Waals surface area contributed by atoms with Crippen LogP contribution in [0.1, 0.15) is 169 Å². The molecule has 0 aromatic rings. The molecular formula is C32H62O2S2. The Morgan fingerprint density at radius 1 is 0.417 bits per heavy atom. The zero-order valence-corrected chi connectivity index (χ0v) is 26.4. The number of hydrogen-bond donors (Lipinski definition) is 2. The predicted molar refractivity (Wildman–Crippen MR) is 166 cm³/mol. The molecule has 0 saturated heterocycles. The molecule has 2 nitrogen and oxygen atoms in total. The Morgan fingerprint density at radius 2 is 0.694 bits per heavy atom. The van der Waals surface area contributed by atoms with Crippen LogP contribution in [0.25, 0.3) is 0 Å². The van der Waals surface area contributed by atoms with Gasteiger partial charge in [-0.15, -0.1) is 25.3 Å². The summed E-state index contributed by atoms with van der Waals surface area (Å²) in [5, 5.41) is 0.0435. The summed E-state index contributed by atoms with van der Waals surface area (Å²) in [6, 6.07) is 0. The second-order valence-electron chi connectivity index (χ2n) is 11.7. The van der Waals surface area contributed by atoms with E-state index in [1.54, 1.807) is 0 Å². The Bertz CT molecular complexity index is 476. The third-order valence-electron chi connectivity index (χ3n) is 8.24. The summed E-state index contributed by atoms with van der Waals surface area (Å²) in [7, 11) is 0. The lowest BCUT2D eigenvalue weighted by molar-refractivity contribution is -0.113. The maximum atomic E-state index is 11.9. The van der Waals surface area contributed by atoms with Crippen LogP contribution in [0.4, 0.5) is 0 Å². The molecule has 0 aliphatic heterocycles. The van der Waals surface area contributed by atoms with Crippen LogP contribution < -0.4 is 0 Å². The minimum Gasteiger partial charge on any atom is -0.287 e. The summed E-state index contributed by atoms with van der Waals surface area (Å²) in [6.07, 6.45) is 26.4. The molecule has 0 aliphatic carbocycles. The largest absolute Gasteiger partial charge is 0.287 e. The van der Waals surface area contributed by atoms with Crippen LogP contribution in [0, 0.1) is 23.7 Å². The van der Waals surface area contributed by atoms with Gasteiger partial charge in [0.1, 0.15) is 0 Å². The van der Waals surface area contributed by atoms with Gasteiger partial charge in [0.2, 0.25) is 0 Å². The Morgan fingerprint density at radius 3 is 0.972 bits per heavy atom. The van der Waals surface area contributed by atoms with Crippen molar-refractivity contribution in [1.82, 2.24) is 0 Å². The van der Waals surface area contributed by atoms with Crippen LogP contribution in [-0.2, 0) is 9.59 Å². The van der Waals surface area contributed by atoms with Gasteiger partial charge in [0.25, 0.3) is 0 Å². The highest BCUT2D eigenvalue weighted by Crippen LogP contribution is 2.32. The third-order valence-corrected chi connectivity index (χ3v) is 8.60. The highest BCUT2D eigenvalue weighted by atomic mass is 32.1. The topological polar surface area (TPSA) is 34.1 Å². The van der Waals surface area contributed by atoms with Gasteiger partial charge >= 0.3 is 0 Å². The first kappa shape index (κ1) is 36.0. The smallest absolute Gasteiger partial charge is 0.186 e. The maximum absolute atomic E-state index is 11.9. The van der Waals surface area contributed by atoms with Crippen LogP contribution in [0.3, 0.4) is 0 Å². The highest BCUT2D eigenvalue weighted by Gasteiger charge is 2.20. The Hall–Kier alpha value is 0.0400. The molecule has 0 aromatic heterocycles. The third kappa shape index (κ3) is 22.1. The fourth-order valence-electron chi connectivity index (χ4n) is 5.82. The summed E-state index contributed by atoms with van der Waals surface area (Å²) in [5.41, 5.74) is 0. The van der Waals surface area contributed by atoms with Gasteiger partial charge in [0, 0.05) is 12.8 Å². The van der Waals surface area contributed by atoms with Crippen molar-refractivity contribution in [2.75, 3.05) is 0 Å². The van der Waals surface area contributed by atoms with Crippen LogP contribution in [0.5, 0.6) is 0 Å². The van der Waals surface area contributed by atoms with E-state index < -0.39 is 0 Å². The molecule has 0 spiro atoms. The first-order valence-electron chi connectivity index (χ1n) is 15.8. The van der Waals surface area contributed by atoms with Gasteiger partial charge in [-0.05, 0) is 49.4 Å². The van der Waals surface area contributed by atoms with Crippen molar-refractivity contribution in [3.63, 3.8) is 0 Å². The summed E-state index contributed by atoms with van der Waals surface area (Å²) in [5.74, 6) is 2.41. The molecule has 0 aliphatic rings. The molecule has 4 atom stereocenters. The van der Waals surface area contributed by atoms with Gasteiger partial charge in [-0.2, -0.15) is 0 Å². The van der Waals surface area contributed by atoms with Gasteiger partial charge in [0.15, 0.2) is 10.2 Å². The normalized spacial score (nSPS) is 14.9. The van der Waals surface area contributed by atoms with Crippen molar-refractivity contribution >= 4 is 35.5 Å². The Kier molecular flexibility index (Phi) is 25.4. The number of carbonyl (C=O) groups excluding carboxylic acids is 2. The van der Waals surface area contributed by atoms with Gasteiger partial charge < -0.3 is 0 Å². The Labute approximate surface area is 237 Å². The van der Waals surface area contributed by atoms with Gasteiger partial charge in [0.05, 0.1) is 0 Å². The molecule has 0 aromatic carbocycles. The van der Waals surface area contributed by atoms with Crippen molar-refractivity contribution in [3.05, 3.63) is 0 Å². The van der Waals surface area contributed by atoms with Crippen molar-refractivity contribution < 1.29 is 9.59 Å². The standard InChI is InChI=1S/C32H62O2S2/c1-5-9-13-17-27(15-11-7-3)19-21-29(25-31(33)35)23-24-30(26-32(34)36)22-20-28(16-12-8-4)18-14-10-6-2/h27-30H,5-26H2,1-4H3,(H,33,35)(H,34,36). The predicted octanol–water partition coefficient (Wildman–Crippen LogP) is 11.0. The first-order valence-corrected chi connectivity index (χ1v) is 16.7. The van der Waals surface area contributed by atoms with E-state index in [0.717, 1.165) is 37.5 Å². The molecule has 0 rings (SSSR count). The van der Waals surface area contributed by atoms with Crippen molar-refractivity contribution in [1.29, 1.82) is 0 Å². The lowest BCUT2D eigenvalue weighted by Gasteiger charge is -2.24. The maximum Gasteiger partial charge on any atom is 0.186 e. The molecule has 0 saturated carbocycles. The average molecular weight is 543 g/mol. The number of hydrogen-bond acceptors (Lipinski definition) is 2. The van der Waals surface area contributed by atoms with E-state index >= 15 is 0 Å². The number of unbranched alkanes of at least 4 members (excludes halogenated alkanes) is 6. The fourth-order valence-corrected chi connectivity index (χ4v) is 6.34. The van der Waals surface area contributed by atoms with Crippen LogP contribution in [0.15, 0.2) is 0 Å². The SMILES string of the molecule is CCCCCC(CCCC)CCC(CCC(CCC(CCCC)CCCCC)CC(=O)S)CC(=O)S. The summed E-state index contributed by atoms with van der Waals surface area (Å²) < 4.78 is 0. The molecule has 0 radical (unpaired) electrons. The van der Waals surface area contributed by atoms with E-state index in [0.29, 0.717) is 24.7 Å². The zero-order valence-electron chi connectivity index (χ0n) is 24.6. The Balaban J connectivity index is 4.96. The van der Waals surface area contributed by atoms with E-state index in [9.17, 15) is 9.59 Å². The molecule has 214 valence electrons. The minimum atomic E-state index is 0.0217. The summed E-state index contributed by atoms with van der Waals surface area (Å²) >= 11 is 8.29. The minimum absolute atomic E-state index is 0.0217. The van der Waals surface area contributed by atoms with E-state index in [1.165, 1.54) is 103 Å².